The maximum absolute atomic E-state index is 12.9. The smallest absolute Gasteiger partial charge is 0.243 e. The molecular formula is C20H16Cl2N2O4S. The van der Waals surface area contributed by atoms with Crippen molar-refractivity contribution in [2.24, 2.45) is 0 Å². The van der Waals surface area contributed by atoms with Crippen LogP contribution in [0.2, 0.25) is 5.02 Å². The number of fused-ring (bicyclic) bond motifs is 1. The van der Waals surface area contributed by atoms with Crippen LogP contribution in [0.3, 0.4) is 0 Å². The summed E-state index contributed by atoms with van der Waals surface area (Å²) in [7, 11) is -3.67. The number of Topliss-reactive ketones (excluding diaryl/α,β-unsaturated/α-hetero) is 2. The zero-order valence-electron chi connectivity index (χ0n) is 15.1. The number of sulfonamides is 1. The maximum atomic E-state index is 12.9. The lowest BCUT2D eigenvalue weighted by molar-refractivity contribution is 0.0933. The van der Waals surface area contributed by atoms with Crippen molar-refractivity contribution in [3.05, 3.63) is 75.4 Å². The lowest BCUT2D eigenvalue weighted by Crippen LogP contribution is -2.49. The highest BCUT2D eigenvalue weighted by Crippen LogP contribution is 2.31. The number of carbonyl (C=O) groups is 2. The summed E-state index contributed by atoms with van der Waals surface area (Å²) in [4.78, 5) is 27.3. The van der Waals surface area contributed by atoms with Crippen LogP contribution in [0.1, 0.15) is 20.7 Å². The van der Waals surface area contributed by atoms with Gasteiger partial charge in [0.2, 0.25) is 21.6 Å². The lowest BCUT2D eigenvalue weighted by atomic mass is 9.91. The molecule has 2 aliphatic rings. The van der Waals surface area contributed by atoms with Crippen molar-refractivity contribution >= 4 is 44.8 Å². The van der Waals surface area contributed by atoms with Crippen LogP contribution >= 0.6 is 23.2 Å². The molecule has 9 heteroatoms. The third-order valence-electron chi connectivity index (χ3n) is 5.04. The zero-order chi connectivity index (χ0) is 20.8. The molecule has 2 aromatic carbocycles. The van der Waals surface area contributed by atoms with Crippen molar-refractivity contribution in [1.29, 1.82) is 0 Å². The Balaban J connectivity index is 1.56. The summed E-state index contributed by atoms with van der Waals surface area (Å²) in [5.74, 6) is -0.715. The van der Waals surface area contributed by atoms with Crippen LogP contribution in [0.4, 0.5) is 0 Å². The quantitative estimate of drug-likeness (QED) is 0.717. The van der Waals surface area contributed by atoms with Gasteiger partial charge in [0.05, 0.1) is 4.90 Å². The number of halogens is 2. The molecule has 150 valence electrons. The van der Waals surface area contributed by atoms with Crippen molar-refractivity contribution in [1.82, 2.24) is 9.21 Å². The third-order valence-corrected chi connectivity index (χ3v) is 7.56. The fourth-order valence-corrected chi connectivity index (χ4v) is 5.38. The molecule has 0 aromatic heterocycles. The van der Waals surface area contributed by atoms with E-state index in [1.54, 1.807) is 29.2 Å². The molecule has 0 N–H and O–H groups in total. The number of hydrogen-bond acceptors (Lipinski definition) is 5. The average Bonchev–Trinajstić information content (AvgIpc) is 2.73. The molecule has 6 nitrogen and oxygen atoms in total. The van der Waals surface area contributed by atoms with E-state index >= 15 is 0 Å². The molecule has 29 heavy (non-hydrogen) atoms. The topological polar surface area (TPSA) is 74.8 Å². The number of ketones is 2. The van der Waals surface area contributed by atoms with Gasteiger partial charge in [0.25, 0.3) is 0 Å². The molecule has 0 saturated carbocycles. The standard InChI is InChI=1S/C20H16Cl2N2O4S/c21-13-5-7-14(8-6-13)29(27,28)24-11-9-23(10-12-24)18-17(22)19(25)15-3-1-2-4-16(15)20(18)26/h1-8H,9-12H2. The van der Waals surface area contributed by atoms with Gasteiger partial charge < -0.3 is 4.90 Å². The van der Waals surface area contributed by atoms with Gasteiger partial charge in [0.1, 0.15) is 10.7 Å². The van der Waals surface area contributed by atoms with Gasteiger partial charge in [0.15, 0.2) is 0 Å². The normalized spacial score (nSPS) is 18.2. The van der Waals surface area contributed by atoms with E-state index in [4.69, 9.17) is 23.2 Å². The monoisotopic (exact) mass is 450 g/mol. The Morgan fingerprint density at radius 3 is 1.90 bits per heavy atom. The zero-order valence-corrected chi connectivity index (χ0v) is 17.5. The molecule has 1 aliphatic carbocycles. The van der Waals surface area contributed by atoms with Crippen LogP contribution < -0.4 is 0 Å². The second-order valence-corrected chi connectivity index (χ2v) is 9.46. The molecule has 1 saturated heterocycles. The highest BCUT2D eigenvalue weighted by molar-refractivity contribution is 7.89. The highest BCUT2D eigenvalue weighted by atomic mass is 35.5. The van der Waals surface area contributed by atoms with Gasteiger partial charge >= 0.3 is 0 Å². The molecule has 0 radical (unpaired) electrons. The first-order valence-electron chi connectivity index (χ1n) is 8.89. The van der Waals surface area contributed by atoms with Gasteiger partial charge in [-0.25, -0.2) is 8.42 Å². The highest BCUT2D eigenvalue weighted by Gasteiger charge is 2.37. The number of hydrogen-bond donors (Lipinski definition) is 0. The van der Waals surface area contributed by atoms with Crippen LogP contribution in [0, 0.1) is 0 Å². The number of nitrogens with zero attached hydrogens (tertiary/aromatic N) is 2. The summed E-state index contributed by atoms with van der Waals surface area (Å²) >= 11 is 12.1. The minimum Gasteiger partial charge on any atom is -0.364 e. The van der Waals surface area contributed by atoms with E-state index in [2.05, 4.69) is 0 Å². The van der Waals surface area contributed by atoms with Gasteiger partial charge in [-0.1, -0.05) is 47.5 Å². The van der Waals surface area contributed by atoms with E-state index in [0.29, 0.717) is 10.6 Å². The van der Waals surface area contributed by atoms with Crippen molar-refractivity contribution in [2.45, 2.75) is 4.90 Å². The molecule has 1 heterocycles. The largest absolute Gasteiger partial charge is 0.364 e. The second-order valence-electron chi connectivity index (χ2n) is 6.71. The number of benzene rings is 2. The van der Waals surface area contributed by atoms with Crippen LogP contribution in [0.15, 0.2) is 64.2 Å². The Morgan fingerprint density at radius 2 is 1.31 bits per heavy atom. The Hall–Kier alpha value is -2.19. The fraction of sp³-hybridized carbons (Fsp3) is 0.200. The molecule has 1 fully saturated rings. The Kier molecular flexibility index (Phi) is 5.25. The number of allylic oxidation sites excluding steroid dienone is 2. The molecule has 2 aromatic rings. The minimum absolute atomic E-state index is 0.122. The predicted molar refractivity (Wildman–Crippen MR) is 110 cm³/mol. The average molecular weight is 451 g/mol. The van der Waals surface area contributed by atoms with E-state index in [-0.39, 0.29) is 53.2 Å². The molecule has 1 aliphatic heterocycles. The molecule has 0 amide bonds. The van der Waals surface area contributed by atoms with Gasteiger partial charge in [-0.3, -0.25) is 9.59 Å². The first-order valence-corrected chi connectivity index (χ1v) is 11.1. The van der Waals surface area contributed by atoms with Gasteiger partial charge in [-0.2, -0.15) is 4.31 Å². The minimum atomic E-state index is -3.67. The second kappa shape index (κ2) is 7.57. The summed E-state index contributed by atoms with van der Waals surface area (Å²) in [6, 6.07) is 12.5. The number of piperazine rings is 1. The Morgan fingerprint density at radius 1 is 0.759 bits per heavy atom. The van der Waals surface area contributed by atoms with Crippen LogP contribution in [0.5, 0.6) is 0 Å². The first kappa shape index (κ1) is 20.1. The molecule has 0 spiro atoms. The summed E-state index contributed by atoms with van der Waals surface area (Å²) in [6.07, 6.45) is 0. The van der Waals surface area contributed by atoms with Crippen LogP contribution in [0.25, 0.3) is 0 Å². The van der Waals surface area contributed by atoms with E-state index < -0.39 is 15.8 Å². The maximum Gasteiger partial charge on any atom is 0.243 e. The molecule has 0 bridgehead atoms. The third kappa shape index (κ3) is 3.48. The summed E-state index contributed by atoms with van der Waals surface area (Å²) in [5.41, 5.74) is 0.738. The van der Waals surface area contributed by atoms with E-state index in [1.165, 1.54) is 28.6 Å². The van der Waals surface area contributed by atoms with Gasteiger partial charge in [-0.05, 0) is 24.3 Å². The van der Waals surface area contributed by atoms with Crippen molar-refractivity contribution in [3.8, 4) is 0 Å². The molecule has 0 unspecified atom stereocenters. The van der Waals surface area contributed by atoms with Crippen molar-refractivity contribution in [3.63, 3.8) is 0 Å². The predicted octanol–water partition coefficient (Wildman–Crippen LogP) is 3.18. The van der Waals surface area contributed by atoms with E-state index in [0.717, 1.165) is 0 Å². The van der Waals surface area contributed by atoms with Crippen LogP contribution in [-0.4, -0.2) is 55.4 Å². The van der Waals surface area contributed by atoms with Crippen LogP contribution in [-0.2, 0) is 10.0 Å². The molecular weight excluding hydrogens is 435 g/mol. The van der Waals surface area contributed by atoms with E-state index in [9.17, 15) is 18.0 Å². The number of rotatable bonds is 3. The fourth-order valence-electron chi connectivity index (χ4n) is 3.52. The van der Waals surface area contributed by atoms with Crippen molar-refractivity contribution < 1.29 is 18.0 Å². The summed E-state index contributed by atoms with van der Waals surface area (Å²) in [6.45, 7) is 0.836. The lowest BCUT2D eigenvalue weighted by Gasteiger charge is -2.37. The molecule has 4 rings (SSSR count). The first-order chi connectivity index (χ1) is 13.8. The summed E-state index contributed by atoms with van der Waals surface area (Å²) in [5, 5.41) is 0.332. The SMILES string of the molecule is O=C1C(Cl)=C(N2CCN(S(=O)(=O)c3ccc(Cl)cc3)CC2)C(=O)c2ccccc21. The summed E-state index contributed by atoms with van der Waals surface area (Å²) < 4.78 is 27.0. The van der Waals surface area contributed by atoms with Crippen molar-refractivity contribution in [2.75, 3.05) is 26.2 Å². The number of carbonyl (C=O) groups excluding carboxylic acids is 2. The van der Waals surface area contributed by atoms with Gasteiger partial charge in [-0.15, -0.1) is 0 Å². The van der Waals surface area contributed by atoms with Gasteiger partial charge in [0, 0.05) is 42.3 Å². The Bertz CT molecular complexity index is 1140. The molecule has 0 atom stereocenters. The van der Waals surface area contributed by atoms with E-state index in [1.807, 2.05) is 0 Å². The Labute approximate surface area is 178 Å².